The van der Waals surface area contributed by atoms with Crippen molar-refractivity contribution in [3.05, 3.63) is 35.9 Å². The van der Waals surface area contributed by atoms with Crippen LogP contribution in [0.15, 0.2) is 30.3 Å². The monoisotopic (exact) mass is 246 g/mol. The van der Waals surface area contributed by atoms with Crippen molar-refractivity contribution in [3.8, 4) is 0 Å². The van der Waals surface area contributed by atoms with Crippen LogP contribution in [-0.4, -0.2) is 23.5 Å². The second-order valence-corrected chi connectivity index (χ2v) is 6.06. The van der Waals surface area contributed by atoms with Crippen LogP contribution < -0.4 is 5.73 Å². The van der Waals surface area contributed by atoms with Crippen molar-refractivity contribution < 1.29 is 0 Å². The third kappa shape index (κ3) is 3.33. The fraction of sp³-hybridized carbons (Fsp3) is 0.625. The molecule has 0 amide bonds. The second-order valence-electron chi connectivity index (χ2n) is 6.06. The number of likely N-dealkylation sites (tertiary alicyclic amines) is 1. The molecule has 2 heteroatoms. The summed E-state index contributed by atoms with van der Waals surface area (Å²) in [5.41, 5.74) is 7.89. The maximum Gasteiger partial charge on any atom is 0.0295 e. The molecule has 0 aromatic heterocycles. The Morgan fingerprint density at radius 2 is 2.00 bits per heavy atom. The Labute approximate surface area is 111 Å². The second kappa shape index (κ2) is 5.85. The van der Waals surface area contributed by atoms with Gasteiger partial charge in [-0.2, -0.15) is 0 Å². The average molecular weight is 246 g/mol. The third-order valence-electron chi connectivity index (χ3n) is 4.24. The molecule has 0 bridgehead atoms. The number of nitrogens with zero attached hydrogens (tertiary/aromatic N) is 1. The Hall–Kier alpha value is -0.860. The van der Waals surface area contributed by atoms with Gasteiger partial charge in [-0.25, -0.2) is 0 Å². The summed E-state index contributed by atoms with van der Waals surface area (Å²) >= 11 is 0. The zero-order valence-corrected chi connectivity index (χ0v) is 11.7. The van der Waals surface area contributed by atoms with E-state index in [9.17, 15) is 0 Å². The van der Waals surface area contributed by atoms with Crippen LogP contribution in [0.1, 0.15) is 51.1 Å². The fourth-order valence-corrected chi connectivity index (χ4v) is 2.95. The van der Waals surface area contributed by atoms with E-state index in [4.69, 9.17) is 5.73 Å². The zero-order chi connectivity index (χ0) is 13.0. The fourth-order valence-electron chi connectivity index (χ4n) is 2.95. The quantitative estimate of drug-likeness (QED) is 0.863. The molecule has 100 valence electrons. The molecule has 2 nitrogen and oxygen atoms in total. The average Bonchev–Trinajstić information content (AvgIpc) is 2.70. The molecule has 1 aromatic carbocycles. The molecule has 1 aliphatic rings. The molecular formula is C16H26N2. The van der Waals surface area contributed by atoms with Crippen molar-refractivity contribution in [2.45, 2.75) is 51.1 Å². The minimum absolute atomic E-state index is 0.192. The van der Waals surface area contributed by atoms with Crippen LogP contribution in [0.2, 0.25) is 0 Å². The molecule has 0 spiro atoms. The predicted molar refractivity (Wildman–Crippen MR) is 77.5 cm³/mol. The smallest absolute Gasteiger partial charge is 0.0295 e. The minimum Gasteiger partial charge on any atom is -0.324 e. The van der Waals surface area contributed by atoms with Crippen molar-refractivity contribution in [2.24, 2.45) is 5.73 Å². The number of rotatable bonds is 5. The zero-order valence-electron chi connectivity index (χ0n) is 11.7. The van der Waals surface area contributed by atoms with E-state index in [2.05, 4.69) is 43.0 Å². The van der Waals surface area contributed by atoms with Gasteiger partial charge in [0.05, 0.1) is 0 Å². The minimum atomic E-state index is 0.192. The van der Waals surface area contributed by atoms with Gasteiger partial charge in [0.25, 0.3) is 0 Å². The molecule has 0 radical (unpaired) electrons. The van der Waals surface area contributed by atoms with Gasteiger partial charge in [-0.15, -0.1) is 0 Å². The molecule has 1 saturated heterocycles. The molecule has 2 N–H and O–H groups in total. The van der Waals surface area contributed by atoms with E-state index in [0.717, 1.165) is 6.42 Å². The van der Waals surface area contributed by atoms with E-state index < -0.39 is 0 Å². The summed E-state index contributed by atoms with van der Waals surface area (Å²) in [4.78, 5) is 2.62. The highest BCUT2D eigenvalue weighted by Gasteiger charge is 2.30. The Morgan fingerprint density at radius 3 is 2.61 bits per heavy atom. The van der Waals surface area contributed by atoms with Gasteiger partial charge in [0.2, 0.25) is 0 Å². The molecule has 1 atom stereocenters. The van der Waals surface area contributed by atoms with Gasteiger partial charge in [-0.1, -0.05) is 30.3 Å². The first kappa shape index (κ1) is 13.6. The largest absolute Gasteiger partial charge is 0.324 e. The van der Waals surface area contributed by atoms with Crippen LogP contribution in [0.4, 0.5) is 0 Å². The normalized spacial score (nSPS) is 21.1. The molecule has 1 unspecified atom stereocenters. The van der Waals surface area contributed by atoms with Crippen molar-refractivity contribution in [1.29, 1.82) is 0 Å². The van der Waals surface area contributed by atoms with Gasteiger partial charge in [0.15, 0.2) is 0 Å². The molecule has 1 heterocycles. The van der Waals surface area contributed by atoms with Crippen LogP contribution in [0.3, 0.4) is 0 Å². The Kier molecular flexibility index (Phi) is 4.41. The lowest BCUT2D eigenvalue weighted by Gasteiger charge is -2.31. The lowest BCUT2D eigenvalue weighted by Crippen LogP contribution is -2.38. The molecule has 0 aliphatic carbocycles. The maximum absolute atomic E-state index is 6.23. The number of benzene rings is 1. The molecule has 1 fully saturated rings. The summed E-state index contributed by atoms with van der Waals surface area (Å²) in [5, 5.41) is 0. The number of hydrogen-bond donors (Lipinski definition) is 1. The highest BCUT2D eigenvalue weighted by molar-refractivity contribution is 5.18. The van der Waals surface area contributed by atoms with Gasteiger partial charge in [0.1, 0.15) is 0 Å². The molecule has 1 aromatic rings. The summed E-state index contributed by atoms with van der Waals surface area (Å²) in [7, 11) is 0. The summed E-state index contributed by atoms with van der Waals surface area (Å²) < 4.78 is 0. The molecule has 0 saturated carbocycles. The summed E-state index contributed by atoms with van der Waals surface area (Å²) in [6, 6.07) is 10.6. The topological polar surface area (TPSA) is 29.3 Å². The standard InChI is InChI=1S/C16H26N2/c1-16(2)11-7-13-18(16)12-6-10-15(17)14-8-4-3-5-9-14/h3-5,8-9,15H,6-7,10-13,17H2,1-2H3. The highest BCUT2D eigenvalue weighted by atomic mass is 15.2. The maximum atomic E-state index is 6.23. The molecular weight excluding hydrogens is 220 g/mol. The first-order valence-electron chi connectivity index (χ1n) is 7.15. The molecule has 1 aliphatic heterocycles. The van der Waals surface area contributed by atoms with E-state index in [1.807, 2.05) is 6.07 Å². The lowest BCUT2D eigenvalue weighted by molar-refractivity contribution is 0.171. The van der Waals surface area contributed by atoms with Crippen molar-refractivity contribution in [3.63, 3.8) is 0 Å². The molecule has 18 heavy (non-hydrogen) atoms. The van der Waals surface area contributed by atoms with E-state index >= 15 is 0 Å². The van der Waals surface area contributed by atoms with Gasteiger partial charge in [-0.05, 0) is 58.2 Å². The Balaban J connectivity index is 1.76. The highest BCUT2D eigenvalue weighted by Crippen LogP contribution is 2.28. The van der Waals surface area contributed by atoms with Crippen LogP contribution in [0.25, 0.3) is 0 Å². The summed E-state index contributed by atoms with van der Waals surface area (Å²) in [5.74, 6) is 0. The van der Waals surface area contributed by atoms with Crippen molar-refractivity contribution in [1.82, 2.24) is 4.90 Å². The predicted octanol–water partition coefficient (Wildman–Crippen LogP) is 3.34. The molecule has 2 rings (SSSR count). The van der Waals surface area contributed by atoms with Gasteiger partial charge < -0.3 is 5.73 Å². The summed E-state index contributed by atoms with van der Waals surface area (Å²) in [6.45, 7) is 7.16. The van der Waals surface area contributed by atoms with Crippen LogP contribution in [0.5, 0.6) is 0 Å². The Bertz CT molecular complexity index is 359. The first-order valence-corrected chi connectivity index (χ1v) is 7.15. The van der Waals surface area contributed by atoms with E-state index in [-0.39, 0.29) is 6.04 Å². The van der Waals surface area contributed by atoms with Gasteiger partial charge in [0, 0.05) is 11.6 Å². The van der Waals surface area contributed by atoms with Crippen LogP contribution >= 0.6 is 0 Å². The van der Waals surface area contributed by atoms with E-state index in [1.54, 1.807) is 0 Å². The summed E-state index contributed by atoms with van der Waals surface area (Å²) in [6.07, 6.45) is 4.95. The van der Waals surface area contributed by atoms with Crippen molar-refractivity contribution >= 4 is 0 Å². The van der Waals surface area contributed by atoms with Crippen molar-refractivity contribution in [2.75, 3.05) is 13.1 Å². The Morgan fingerprint density at radius 1 is 1.28 bits per heavy atom. The van der Waals surface area contributed by atoms with E-state index in [1.165, 1.54) is 37.9 Å². The van der Waals surface area contributed by atoms with Gasteiger partial charge >= 0.3 is 0 Å². The third-order valence-corrected chi connectivity index (χ3v) is 4.24. The number of hydrogen-bond acceptors (Lipinski definition) is 2. The lowest BCUT2D eigenvalue weighted by atomic mass is 10.0. The van der Waals surface area contributed by atoms with Crippen LogP contribution in [0, 0.1) is 0 Å². The first-order chi connectivity index (χ1) is 8.59. The number of nitrogens with two attached hydrogens (primary N) is 1. The van der Waals surface area contributed by atoms with Crippen LogP contribution in [-0.2, 0) is 0 Å². The van der Waals surface area contributed by atoms with E-state index in [0.29, 0.717) is 5.54 Å². The van der Waals surface area contributed by atoms with Gasteiger partial charge in [-0.3, -0.25) is 4.90 Å². The SMILES string of the molecule is CC1(C)CCCN1CCCC(N)c1ccccc1.